The normalized spacial score (nSPS) is 22.1. The van der Waals surface area contributed by atoms with Gasteiger partial charge in [0, 0.05) is 53.8 Å². The van der Waals surface area contributed by atoms with Crippen LogP contribution in [0, 0.1) is 11.7 Å². The van der Waals surface area contributed by atoms with Crippen molar-refractivity contribution in [2.75, 3.05) is 26.2 Å². The summed E-state index contributed by atoms with van der Waals surface area (Å²) >= 11 is 7.98. The van der Waals surface area contributed by atoms with Gasteiger partial charge in [-0.05, 0) is 101 Å². The number of carbonyl (C=O) groups excluding carboxylic acids is 1. The molecule has 4 atom stereocenters. The maximum Gasteiger partial charge on any atom is 0.410 e. The highest BCUT2D eigenvalue weighted by molar-refractivity contribution is 7.13. The Balaban J connectivity index is 1.11. The Hall–Kier alpha value is -3.09. The van der Waals surface area contributed by atoms with E-state index < -0.39 is 11.4 Å². The van der Waals surface area contributed by atoms with Crippen LogP contribution in [-0.4, -0.2) is 75.3 Å². The lowest BCUT2D eigenvalue weighted by molar-refractivity contribution is -0.160. The maximum atomic E-state index is 13.4. The number of aromatic nitrogens is 3. The van der Waals surface area contributed by atoms with E-state index >= 15 is 0 Å². The summed E-state index contributed by atoms with van der Waals surface area (Å²) in [6.45, 7) is 12.0. The Bertz CT molecular complexity index is 1670. The average molecular weight is 684 g/mol. The molecule has 1 saturated heterocycles. The molecule has 1 aliphatic carbocycles. The zero-order valence-corrected chi connectivity index (χ0v) is 29.1. The fourth-order valence-electron chi connectivity index (χ4n) is 6.64. The third-order valence-electron chi connectivity index (χ3n) is 8.66. The van der Waals surface area contributed by atoms with Crippen molar-refractivity contribution in [1.29, 1.82) is 0 Å². The Morgan fingerprint density at radius 2 is 1.96 bits per heavy atom. The third-order valence-corrected chi connectivity index (χ3v) is 9.75. The highest BCUT2D eigenvalue weighted by atomic mass is 35.5. The van der Waals surface area contributed by atoms with Gasteiger partial charge in [0.2, 0.25) is 5.28 Å². The van der Waals surface area contributed by atoms with E-state index in [4.69, 9.17) is 25.8 Å². The lowest BCUT2D eigenvalue weighted by Gasteiger charge is -2.28. The summed E-state index contributed by atoms with van der Waals surface area (Å²) in [4.78, 5) is 24.9. The number of benzene rings is 1. The van der Waals surface area contributed by atoms with E-state index in [1.54, 1.807) is 34.6 Å². The van der Waals surface area contributed by atoms with Gasteiger partial charge in [0.1, 0.15) is 23.2 Å². The second-order valence-corrected chi connectivity index (χ2v) is 15.1. The zero-order chi connectivity index (χ0) is 33.3. The second-order valence-electron chi connectivity index (χ2n) is 13.8. The largest absolute Gasteiger partial charge is 0.444 e. The SMILES string of the molecule is CC(C)(C)OC(=O)N(CCCNC[C@H]1C[C@@H](n2cc(-c3cccs3)c3cnc(Cl)nc32)[C@@H]2OC(C)(C)O[C@H]12)CCc1ccc(F)cc1. The predicted molar refractivity (Wildman–Crippen MR) is 182 cm³/mol. The first-order valence-corrected chi connectivity index (χ1v) is 17.5. The van der Waals surface area contributed by atoms with Gasteiger partial charge in [-0.3, -0.25) is 0 Å². The minimum absolute atomic E-state index is 0.00451. The molecule has 1 saturated carbocycles. The average Bonchev–Trinajstić information content (AvgIpc) is 3.78. The van der Waals surface area contributed by atoms with Crippen molar-refractivity contribution in [3.8, 4) is 10.4 Å². The van der Waals surface area contributed by atoms with Crippen LogP contribution in [0.1, 0.15) is 59.1 Å². The Kier molecular flexibility index (Phi) is 9.92. The first-order valence-electron chi connectivity index (χ1n) is 16.2. The number of nitrogens with zero attached hydrogens (tertiary/aromatic N) is 4. The first-order chi connectivity index (χ1) is 22.4. The summed E-state index contributed by atoms with van der Waals surface area (Å²) < 4.78 is 34.3. The van der Waals surface area contributed by atoms with Crippen LogP contribution in [0.4, 0.5) is 9.18 Å². The molecule has 1 aliphatic heterocycles. The molecule has 2 aliphatic rings. The molecule has 6 rings (SSSR count). The number of hydrogen-bond donors (Lipinski definition) is 1. The Morgan fingerprint density at radius 1 is 1.19 bits per heavy atom. The van der Waals surface area contributed by atoms with Crippen LogP contribution in [0.3, 0.4) is 0 Å². The van der Waals surface area contributed by atoms with Crippen molar-refractivity contribution < 1.29 is 23.4 Å². The highest BCUT2D eigenvalue weighted by Gasteiger charge is 2.54. The second kappa shape index (κ2) is 13.8. The van der Waals surface area contributed by atoms with Gasteiger partial charge < -0.3 is 29.0 Å². The summed E-state index contributed by atoms with van der Waals surface area (Å²) in [5.41, 5.74) is 2.25. The molecule has 47 heavy (non-hydrogen) atoms. The van der Waals surface area contributed by atoms with Gasteiger partial charge in [0.05, 0.1) is 12.1 Å². The van der Waals surface area contributed by atoms with Gasteiger partial charge in [0.25, 0.3) is 0 Å². The molecule has 1 aromatic carbocycles. The predicted octanol–water partition coefficient (Wildman–Crippen LogP) is 7.49. The number of fused-ring (bicyclic) bond motifs is 2. The molecule has 9 nitrogen and oxygen atoms in total. The van der Waals surface area contributed by atoms with Crippen molar-refractivity contribution in [1.82, 2.24) is 24.8 Å². The topological polar surface area (TPSA) is 90.7 Å². The van der Waals surface area contributed by atoms with Crippen LogP contribution < -0.4 is 5.32 Å². The molecule has 0 unspecified atom stereocenters. The van der Waals surface area contributed by atoms with E-state index in [2.05, 4.69) is 37.5 Å². The number of amides is 1. The standard InChI is InChI=1S/C35H43ClFN5O4S/c1-34(2,3)46-33(43)41(16-13-22-9-11-24(37)12-10-22)15-7-14-38-19-23-18-27(30-29(23)44-35(4,5)45-30)42-21-26(28-8-6-17-47-28)25-20-39-32(36)40-31(25)42/h6,8-12,17,20-21,23,27,29-30,38H,7,13-16,18-19H2,1-5H3/t23-,27-,29-,30+/m1/s1. The molecule has 252 valence electrons. The third kappa shape index (κ3) is 7.97. The molecule has 1 amide bonds. The zero-order valence-electron chi connectivity index (χ0n) is 27.5. The first kappa shape index (κ1) is 33.8. The van der Waals surface area contributed by atoms with E-state index in [0.717, 1.165) is 53.0 Å². The summed E-state index contributed by atoms with van der Waals surface area (Å²) in [5, 5.41) is 6.86. The molecule has 12 heteroatoms. The quantitative estimate of drug-likeness (QED) is 0.129. The number of carbonyl (C=O) groups is 1. The van der Waals surface area contributed by atoms with Crippen molar-refractivity contribution in [3.05, 3.63) is 70.8 Å². The maximum absolute atomic E-state index is 13.4. The molecule has 1 N–H and O–H groups in total. The molecular formula is C35H43ClFN5O4S. The molecule has 0 bridgehead atoms. The van der Waals surface area contributed by atoms with Crippen LogP contribution in [0.25, 0.3) is 21.5 Å². The van der Waals surface area contributed by atoms with Crippen molar-refractivity contribution in [2.45, 2.75) is 83.5 Å². The number of rotatable bonds is 11. The molecule has 0 radical (unpaired) electrons. The molecule has 3 aromatic heterocycles. The number of halogens is 2. The van der Waals surface area contributed by atoms with Crippen LogP contribution in [-0.2, 0) is 20.6 Å². The van der Waals surface area contributed by atoms with Crippen molar-refractivity contribution >= 4 is 40.1 Å². The number of nitrogens with one attached hydrogen (secondary N) is 1. The summed E-state index contributed by atoms with van der Waals surface area (Å²) in [6, 6.07) is 10.5. The fraction of sp³-hybridized carbons (Fsp3) is 0.514. The summed E-state index contributed by atoms with van der Waals surface area (Å²) in [6.07, 6.45) is 5.59. The van der Waals surface area contributed by atoms with E-state index in [1.807, 2.05) is 40.7 Å². The van der Waals surface area contributed by atoms with Crippen molar-refractivity contribution in [3.63, 3.8) is 0 Å². The van der Waals surface area contributed by atoms with Gasteiger partial charge in [-0.1, -0.05) is 18.2 Å². The Labute approximate surface area is 284 Å². The number of thiophene rings is 1. The lowest BCUT2D eigenvalue weighted by atomic mass is 10.1. The molecule has 0 spiro atoms. The van der Waals surface area contributed by atoms with E-state index in [0.29, 0.717) is 19.5 Å². The van der Waals surface area contributed by atoms with Crippen molar-refractivity contribution in [2.24, 2.45) is 5.92 Å². The minimum Gasteiger partial charge on any atom is -0.444 e. The smallest absolute Gasteiger partial charge is 0.410 e. The van der Waals surface area contributed by atoms with Crippen LogP contribution in [0.2, 0.25) is 5.28 Å². The molecule has 4 aromatic rings. The minimum atomic E-state index is -0.698. The lowest BCUT2D eigenvalue weighted by Crippen LogP contribution is -2.39. The highest BCUT2D eigenvalue weighted by Crippen LogP contribution is 2.48. The van der Waals surface area contributed by atoms with E-state index in [1.165, 1.54) is 12.1 Å². The molecule has 2 fully saturated rings. The molecule has 4 heterocycles. The van der Waals surface area contributed by atoms with E-state index in [9.17, 15) is 9.18 Å². The van der Waals surface area contributed by atoms with Crippen LogP contribution >= 0.6 is 22.9 Å². The monoisotopic (exact) mass is 683 g/mol. The van der Waals surface area contributed by atoms with Crippen LogP contribution in [0.5, 0.6) is 0 Å². The Morgan fingerprint density at radius 3 is 2.68 bits per heavy atom. The van der Waals surface area contributed by atoms with Gasteiger partial charge in [-0.25, -0.2) is 14.2 Å². The molecular weight excluding hydrogens is 641 g/mol. The van der Waals surface area contributed by atoms with Gasteiger partial charge in [-0.2, -0.15) is 4.98 Å². The number of hydrogen-bond acceptors (Lipinski definition) is 8. The fourth-order valence-corrected chi connectivity index (χ4v) is 7.52. The van der Waals surface area contributed by atoms with Gasteiger partial charge in [-0.15, -0.1) is 11.3 Å². The summed E-state index contributed by atoms with van der Waals surface area (Å²) in [5.74, 6) is -0.770. The van der Waals surface area contributed by atoms with Gasteiger partial charge in [0.15, 0.2) is 5.79 Å². The van der Waals surface area contributed by atoms with E-state index in [-0.39, 0.29) is 41.4 Å². The summed E-state index contributed by atoms with van der Waals surface area (Å²) in [7, 11) is 0. The van der Waals surface area contributed by atoms with Gasteiger partial charge >= 0.3 is 6.09 Å². The van der Waals surface area contributed by atoms with Crippen LogP contribution in [0.15, 0.2) is 54.2 Å². The number of ether oxygens (including phenoxy) is 3.